The Morgan fingerprint density at radius 1 is 1.24 bits per heavy atom. The van der Waals surface area contributed by atoms with Gasteiger partial charge in [0, 0.05) is 3.57 Å². The number of benzene rings is 1. The topological polar surface area (TPSA) is 29.5 Å². The third-order valence-corrected chi connectivity index (χ3v) is 3.03. The summed E-state index contributed by atoms with van der Waals surface area (Å²) in [6, 6.07) is 7.40. The molecule has 0 amide bonds. The van der Waals surface area contributed by atoms with Crippen molar-refractivity contribution in [1.29, 1.82) is 0 Å². The summed E-state index contributed by atoms with van der Waals surface area (Å²) in [5.74, 6) is -0.230. The maximum Gasteiger partial charge on any atom is 0.338 e. The summed E-state index contributed by atoms with van der Waals surface area (Å²) in [5, 5.41) is 0. The summed E-state index contributed by atoms with van der Waals surface area (Å²) in [6.07, 6.45) is 1.96. The van der Waals surface area contributed by atoms with Gasteiger partial charge in [-0.15, -0.1) is 0 Å². The van der Waals surface area contributed by atoms with Gasteiger partial charge in [0.15, 0.2) is 0 Å². The van der Waals surface area contributed by atoms with Gasteiger partial charge < -0.3 is 9.64 Å². The Morgan fingerprint density at radius 3 is 2.47 bits per heavy atom. The normalized spacial score (nSPS) is 10.6. The van der Waals surface area contributed by atoms with Crippen LogP contribution in [0.3, 0.4) is 0 Å². The van der Waals surface area contributed by atoms with Crippen LogP contribution in [0.2, 0.25) is 0 Å². The highest BCUT2D eigenvalue weighted by Gasteiger charge is 2.05. The molecule has 0 saturated heterocycles. The van der Waals surface area contributed by atoms with Gasteiger partial charge in [-0.3, -0.25) is 0 Å². The van der Waals surface area contributed by atoms with Crippen LogP contribution in [0.4, 0.5) is 0 Å². The van der Waals surface area contributed by atoms with Crippen molar-refractivity contribution < 1.29 is 9.53 Å². The van der Waals surface area contributed by atoms with Crippen molar-refractivity contribution in [2.45, 2.75) is 12.8 Å². The molecule has 94 valence electrons. The van der Waals surface area contributed by atoms with E-state index in [-0.39, 0.29) is 5.97 Å². The van der Waals surface area contributed by atoms with Crippen molar-refractivity contribution in [2.75, 3.05) is 27.2 Å². The summed E-state index contributed by atoms with van der Waals surface area (Å²) in [7, 11) is 4.08. The Bertz CT molecular complexity index is 349. The lowest BCUT2D eigenvalue weighted by Gasteiger charge is -2.09. The van der Waals surface area contributed by atoms with Crippen LogP contribution >= 0.6 is 22.6 Å². The van der Waals surface area contributed by atoms with Crippen LogP contribution in [0, 0.1) is 3.57 Å². The average molecular weight is 347 g/mol. The van der Waals surface area contributed by atoms with Crippen molar-refractivity contribution >= 4 is 28.6 Å². The van der Waals surface area contributed by atoms with Crippen LogP contribution in [0.1, 0.15) is 23.2 Å². The summed E-state index contributed by atoms with van der Waals surface area (Å²) >= 11 is 2.21. The van der Waals surface area contributed by atoms with E-state index in [0.29, 0.717) is 12.2 Å². The number of carbonyl (C=O) groups is 1. The molecule has 0 saturated carbocycles. The van der Waals surface area contributed by atoms with Gasteiger partial charge in [-0.1, -0.05) is 0 Å². The van der Waals surface area contributed by atoms with Gasteiger partial charge in [0.1, 0.15) is 0 Å². The quantitative estimate of drug-likeness (QED) is 0.450. The third kappa shape index (κ3) is 6.02. The van der Waals surface area contributed by atoms with E-state index >= 15 is 0 Å². The molecule has 1 aromatic rings. The fourth-order valence-corrected chi connectivity index (χ4v) is 1.72. The van der Waals surface area contributed by atoms with E-state index in [4.69, 9.17) is 4.74 Å². The fraction of sp³-hybridized carbons (Fsp3) is 0.462. The van der Waals surface area contributed by atoms with Crippen molar-refractivity contribution in [3.05, 3.63) is 33.4 Å². The maximum atomic E-state index is 11.6. The fourth-order valence-electron chi connectivity index (χ4n) is 1.36. The first kappa shape index (κ1) is 14.4. The number of ether oxygens (including phenoxy) is 1. The third-order valence-electron chi connectivity index (χ3n) is 2.31. The first-order valence-electron chi connectivity index (χ1n) is 5.67. The van der Waals surface area contributed by atoms with E-state index in [9.17, 15) is 4.79 Å². The minimum Gasteiger partial charge on any atom is -0.462 e. The van der Waals surface area contributed by atoms with Crippen molar-refractivity contribution in [3.63, 3.8) is 0 Å². The second kappa shape index (κ2) is 7.66. The molecule has 1 rings (SSSR count). The standard InChI is InChI=1S/C13H18INO2/c1-15(2)9-3-4-10-17-13(16)11-5-7-12(14)8-6-11/h5-8H,3-4,9-10H2,1-2H3. The highest BCUT2D eigenvalue weighted by Crippen LogP contribution is 2.08. The van der Waals surface area contributed by atoms with E-state index in [0.717, 1.165) is 23.0 Å². The molecule has 3 nitrogen and oxygen atoms in total. The Balaban J connectivity index is 2.23. The molecule has 0 aliphatic carbocycles. The van der Waals surface area contributed by atoms with E-state index in [1.54, 1.807) is 12.1 Å². The molecule has 0 spiro atoms. The maximum absolute atomic E-state index is 11.6. The smallest absolute Gasteiger partial charge is 0.338 e. The summed E-state index contributed by atoms with van der Waals surface area (Å²) < 4.78 is 6.31. The van der Waals surface area contributed by atoms with E-state index in [1.165, 1.54) is 0 Å². The molecule has 0 radical (unpaired) electrons. The summed E-state index contributed by atoms with van der Waals surface area (Å²) in [5.41, 5.74) is 0.623. The van der Waals surface area contributed by atoms with E-state index in [1.807, 2.05) is 26.2 Å². The monoisotopic (exact) mass is 347 g/mol. The molecule has 0 heterocycles. The van der Waals surface area contributed by atoms with Crippen molar-refractivity contribution in [2.24, 2.45) is 0 Å². The Labute approximate surface area is 116 Å². The molecule has 0 atom stereocenters. The lowest BCUT2D eigenvalue weighted by Crippen LogP contribution is -2.14. The second-order valence-corrected chi connectivity index (χ2v) is 5.40. The Morgan fingerprint density at radius 2 is 1.88 bits per heavy atom. The molecule has 1 aromatic carbocycles. The average Bonchev–Trinajstić information content (AvgIpc) is 2.29. The zero-order valence-electron chi connectivity index (χ0n) is 10.3. The Hall–Kier alpha value is -0.620. The van der Waals surface area contributed by atoms with Crippen LogP contribution < -0.4 is 0 Å². The predicted molar refractivity (Wildman–Crippen MR) is 77.2 cm³/mol. The number of carbonyl (C=O) groups excluding carboxylic acids is 1. The lowest BCUT2D eigenvalue weighted by atomic mass is 10.2. The molecule has 0 aliphatic rings. The summed E-state index contributed by atoms with van der Waals surface area (Å²) in [4.78, 5) is 13.7. The molecule has 0 bridgehead atoms. The van der Waals surface area contributed by atoms with Crippen LogP contribution in [-0.4, -0.2) is 38.1 Å². The molecule has 17 heavy (non-hydrogen) atoms. The second-order valence-electron chi connectivity index (χ2n) is 4.15. The molecule has 0 N–H and O–H groups in total. The van der Waals surface area contributed by atoms with Crippen LogP contribution in [-0.2, 0) is 4.74 Å². The van der Waals surface area contributed by atoms with Gasteiger partial charge in [-0.05, 0) is 80.3 Å². The van der Waals surface area contributed by atoms with Crippen molar-refractivity contribution in [3.8, 4) is 0 Å². The highest BCUT2D eigenvalue weighted by atomic mass is 127. The number of esters is 1. The Kier molecular flexibility index (Phi) is 6.50. The van der Waals surface area contributed by atoms with Crippen LogP contribution in [0.5, 0.6) is 0 Å². The number of hydrogen-bond acceptors (Lipinski definition) is 3. The van der Waals surface area contributed by atoms with Gasteiger partial charge in [-0.2, -0.15) is 0 Å². The van der Waals surface area contributed by atoms with Gasteiger partial charge in [-0.25, -0.2) is 4.79 Å². The van der Waals surface area contributed by atoms with Gasteiger partial charge >= 0.3 is 5.97 Å². The molecular weight excluding hydrogens is 329 g/mol. The molecule has 0 fully saturated rings. The van der Waals surface area contributed by atoms with Gasteiger partial charge in [0.25, 0.3) is 0 Å². The zero-order valence-corrected chi connectivity index (χ0v) is 12.4. The minimum absolute atomic E-state index is 0.230. The first-order valence-corrected chi connectivity index (χ1v) is 6.75. The first-order chi connectivity index (χ1) is 8.09. The number of halogens is 1. The van der Waals surface area contributed by atoms with E-state index in [2.05, 4.69) is 27.5 Å². The predicted octanol–water partition coefficient (Wildman–Crippen LogP) is 2.79. The highest BCUT2D eigenvalue weighted by molar-refractivity contribution is 14.1. The van der Waals surface area contributed by atoms with Crippen LogP contribution in [0.25, 0.3) is 0 Å². The lowest BCUT2D eigenvalue weighted by molar-refractivity contribution is 0.0496. The molecule has 0 aliphatic heterocycles. The number of rotatable bonds is 6. The van der Waals surface area contributed by atoms with Gasteiger partial charge in [0.05, 0.1) is 12.2 Å². The summed E-state index contributed by atoms with van der Waals surface area (Å²) in [6.45, 7) is 1.53. The number of hydrogen-bond donors (Lipinski definition) is 0. The SMILES string of the molecule is CN(C)CCCCOC(=O)c1ccc(I)cc1. The largest absolute Gasteiger partial charge is 0.462 e. The molecular formula is C13H18INO2. The van der Waals surface area contributed by atoms with Crippen molar-refractivity contribution in [1.82, 2.24) is 4.90 Å². The minimum atomic E-state index is -0.230. The number of unbranched alkanes of at least 4 members (excludes halogenated alkanes) is 1. The van der Waals surface area contributed by atoms with Gasteiger partial charge in [0.2, 0.25) is 0 Å². The zero-order chi connectivity index (χ0) is 12.7. The molecule has 0 unspecified atom stereocenters. The molecule has 0 aromatic heterocycles. The molecule has 4 heteroatoms. The van der Waals surface area contributed by atoms with Crippen LogP contribution in [0.15, 0.2) is 24.3 Å². The number of nitrogens with zero attached hydrogens (tertiary/aromatic N) is 1. The van der Waals surface area contributed by atoms with E-state index < -0.39 is 0 Å².